The Morgan fingerprint density at radius 2 is 1.19 bits per heavy atom. The number of hydrogen-bond donors (Lipinski definition) is 1. The third-order valence-corrected chi connectivity index (χ3v) is 5.09. The lowest BCUT2D eigenvalue weighted by Gasteiger charge is -2.22. The van der Waals surface area contributed by atoms with E-state index in [0.29, 0.717) is 12.0 Å². The predicted octanol–water partition coefficient (Wildman–Crippen LogP) is 5.82. The molecular weight excluding hydrogens is 314 g/mol. The molecule has 1 heteroatoms. The molecule has 1 atom stereocenters. The van der Waals surface area contributed by atoms with Gasteiger partial charge in [-0.2, -0.15) is 0 Å². The minimum Gasteiger partial charge on any atom is -0.314 e. The molecule has 0 fully saturated rings. The summed E-state index contributed by atoms with van der Waals surface area (Å²) in [6.07, 6.45) is 3.36. The van der Waals surface area contributed by atoms with Gasteiger partial charge in [-0.1, -0.05) is 97.9 Å². The van der Waals surface area contributed by atoms with Crippen molar-refractivity contribution in [2.45, 2.75) is 38.1 Å². The van der Waals surface area contributed by atoms with Crippen molar-refractivity contribution in [2.75, 3.05) is 6.54 Å². The smallest absolute Gasteiger partial charge is 0.0105 e. The number of rotatable bonds is 9. The molecule has 0 spiro atoms. The van der Waals surface area contributed by atoms with E-state index in [9.17, 15) is 0 Å². The molecule has 3 aromatic carbocycles. The van der Waals surface area contributed by atoms with Gasteiger partial charge in [0.15, 0.2) is 0 Å². The highest BCUT2D eigenvalue weighted by Crippen LogP contribution is 2.27. The molecule has 0 aliphatic heterocycles. The Balaban J connectivity index is 1.62. The SMILES string of the molecule is CCC(Cc1ccccc1)NCCC(c1ccccc1)c1ccccc1. The average molecular weight is 344 g/mol. The fraction of sp³-hybridized carbons (Fsp3) is 0.280. The summed E-state index contributed by atoms with van der Waals surface area (Å²) >= 11 is 0. The summed E-state index contributed by atoms with van der Waals surface area (Å²) in [5.74, 6) is 0.444. The molecular formula is C25H29N. The molecule has 1 N–H and O–H groups in total. The maximum absolute atomic E-state index is 3.79. The summed E-state index contributed by atoms with van der Waals surface area (Å²) in [5.41, 5.74) is 4.21. The van der Waals surface area contributed by atoms with Crippen LogP contribution in [0.25, 0.3) is 0 Å². The van der Waals surface area contributed by atoms with Crippen molar-refractivity contribution in [3.8, 4) is 0 Å². The molecule has 0 saturated carbocycles. The van der Waals surface area contributed by atoms with Gasteiger partial charge in [-0.15, -0.1) is 0 Å². The molecule has 26 heavy (non-hydrogen) atoms. The quantitative estimate of drug-likeness (QED) is 0.516. The van der Waals surface area contributed by atoms with Gasteiger partial charge in [0, 0.05) is 12.0 Å². The van der Waals surface area contributed by atoms with Crippen molar-refractivity contribution in [1.29, 1.82) is 0 Å². The van der Waals surface area contributed by atoms with Crippen LogP contribution in [0.2, 0.25) is 0 Å². The summed E-state index contributed by atoms with van der Waals surface area (Å²) in [6, 6.07) is 33.1. The second-order valence-electron chi connectivity index (χ2n) is 6.91. The van der Waals surface area contributed by atoms with Crippen molar-refractivity contribution in [3.05, 3.63) is 108 Å². The third-order valence-electron chi connectivity index (χ3n) is 5.09. The minimum atomic E-state index is 0.444. The summed E-state index contributed by atoms with van der Waals surface area (Å²) in [7, 11) is 0. The van der Waals surface area contributed by atoms with Gasteiger partial charge in [0.2, 0.25) is 0 Å². The van der Waals surface area contributed by atoms with Crippen LogP contribution in [0.1, 0.15) is 42.4 Å². The first-order valence-corrected chi connectivity index (χ1v) is 9.74. The average Bonchev–Trinajstić information content (AvgIpc) is 2.72. The zero-order valence-corrected chi connectivity index (χ0v) is 15.6. The van der Waals surface area contributed by atoms with Crippen LogP contribution in [0.3, 0.4) is 0 Å². The van der Waals surface area contributed by atoms with Gasteiger partial charge in [0.25, 0.3) is 0 Å². The van der Waals surface area contributed by atoms with E-state index in [0.717, 1.165) is 25.8 Å². The van der Waals surface area contributed by atoms with Crippen LogP contribution >= 0.6 is 0 Å². The van der Waals surface area contributed by atoms with Crippen molar-refractivity contribution in [3.63, 3.8) is 0 Å². The van der Waals surface area contributed by atoms with E-state index >= 15 is 0 Å². The molecule has 0 aliphatic carbocycles. The molecule has 0 amide bonds. The van der Waals surface area contributed by atoms with Gasteiger partial charge < -0.3 is 5.32 Å². The van der Waals surface area contributed by atoms with Crippen molar-refractivity contribution in [2.24, 2.45) is 0 Å². The minimum absolute atomic E-state index is 0.444. The van der Waals surface area contributed by atoms with Gasteiger partial charge in [0.1, 0.15) is 0 Å². The standard InChI is InChI=1S/C25H29N/c1-2-24(20-21-12-6-3-7-13-21)26-19-18-25(22-14-8-4-9-15-22)23-16-10-5-11-17-23/h3-17,24-26H,2,18-20H2,1H3. The molecule has 0 aromatic heterocycles. The van der Waals surface area contributed by atoms with E-state index in [-0.39, 0.29) is 0 Å². The second kappa shape index (κ2) is 9.94. The Bertz CT molecular complexity index is 697. The maximum Gasteiger partial charge on any atom is 0.0105 e. The highest BCUT2D eigenvalue weighted by molar-refractivity contribution is 5.32. The first kappa shape index (κ1) is 18.4. The van der Waals surface area contributed by atoms with Crippen LogP contribution in [0.4, 0.5) is 0 Å². The molecule has 134 valence electrons. The molecule has 0 radical (unpaired) electrons. The maximum atomic E-state index is 3.79. The van der Waals surface area contributed by atoms with Crippen LogP contribution in [-0.4, -0.2) is 12.6 Å². The lowest BCUT2D eigenvalue weighted by atomic mass is 9.88. The van der Waals surface area contributed by atoms with Crippen LogP contribution in [0.5, 0.6) is 0 Å². The van der Waals surface area contributed by atoms with Crippen LogP contribution in [0.15, 0.2) is 91.0 Å². The van der Waals surface area contributed by atoms with Gasteiger partial charge in [-0.25, -0.2) is 0 Å². The first-order valence-electron chi connectivity index (χ1n) is 9.74. The topological polar surface area (TPSA) is 12.0 Å². The largest absolute Gasteiger partial charge is 0.314 e. The van der Waals surface area contributed by atoms with Crippen LogP contribution < -0.4 is 5.32 Å². The van der Waals surface area contributed by atoms with Crippen LogP contribution in [0, 0.1) is 0 Å². The van der Waals surface area contributed by atoms with Crippen molar-refractivity contribution in [1.82, 2.24) is 5.32 Å². The highest BCUT2D eigenvalue weighted by atomic mass is 14.9. The molecule has 0 aliphatic rings. The summed E-state index contributed by atoms with van der Waals surface area (Å²) in [6.45, 7) is 3.30. The number of nitrogens with one attached hydrogen (secondary N) is 1. The summed E-state index contributed by atoms with van der Waals surface area (Å²) in [4.78, 5) is 0. The van der Waals surface area contributed by atoms with Gasteiger partial charge in [0.05, 0.1) is 0 Å². The van der Waals surface area contributed by atoms with Crippen LogP contribution in [-0.2, 0) is 6.42 Å². The van der Waals surface area contributed by atoms with E-state index < -0.39 is 0 Å². The molecule has 3 aromatic rings. The van der Waals surface area contributed by atoms with Gasteiger partial charge in [-0.05, 0) is 42.5 Å². The Kier molecular flexibility index (Phi) is 7.04. The van der Waals surface area contributed by atoms with E-state index in [4.69, 9.17) is 0 Å². The molecule has 0 bridgehead atoms. The molecule has 1 unspecified atom stereocenters. The normalized spacial score (nSPS) is 12.2. The van der Waals surface area contributed by atoms with E-state index in [1.165, 1.54) is 16.7 Å². The van der Waals surface area contributed by atoms with Crippen molar-refractivity contribution >= 4 is 0 Å². The Morgan fingerprint density at radius 1 is 0.692 bits per heavy atom. The number of hydrogen-bond acceptors (Lipinski definition) is 1. The lowest BCUT2D eigenvalue weighted by Crippen LogP contribution is -2.32. The molecule has 3 rings (SSSR count). The molecule has 0 saturated heterocycles. The molecule has 0 heterocycles. The molecule has 1 nitrogen and oxygen atoms in total. The summed E-state index contributed by atoms with van der Waals surface area (Å²) in [5, 5.41) is 3.79. The predicted molar refractivity (Wildman–Crippen MR) is 112 cm³/mol. The monoisotopic (exact) mass is 343 g/mol. The zero-order valence-electron chi connectivity index (χ0n) is 15.6. The fourth-order valence-corrected chi connectivity index (χ4v) is 3.59. The van der Waals surface area contributed by atoms with E-state index in [1.54, 1.807) is 0 Å². The Hall–Kier alpha value is -2.38. The lowest BCUT2D eigenvalue weighted by molar-refractivity contribution is 0.479. The third kappa shape index (κ3) is 5.31. The zero-order chi connectivity index (χ0) is 18.0. The van der Waals surface area contributed by atoms with E-state index in [1.807, 2.05) is 0 Å². The van der Waals surface area contributed by atoms with Gasteiger partial charge in [-0.3, -0.25) is 0 Å². The Labute approximate surface area is 158 Å². The van der Waals surface area contributed by atoms with Gasteiger partial charge >= 0.3 is 0 Å². The first-order chi connectivity index (χ1) is 12.9. The number of benzene rings is 3. The summed E-state index contributed by atoms with van der Waals surface area (Å²) < 4.78 is 0. The fourth-order valence-electron chi connectivity index (χ4n) is 3.59. The Morgan fingerprint density at radius 3 is 1.69 bits per heavy atom. The second-order valence-corrected chi connectivity index (χ2v) is 6.91. The van der Waals surface area contributed by atoms with Crippen molar-refractivity contribution < 1.29 is 0 Å². The highest BCUT2D eigenvalue weighted by Gasteiger charge is 2.14. The van der Waals surface area contributed by atoms with E-state index in [2.05, 4.69) is 103 Å².